The maximum absolute atomic E-state index is 2.00. The summed E-state index contributed by atoms with van der Waals surface area (Å²) in [5.41, 5.74) is 3.95. The average Bonchev–Trinajstić information content (AvgIpc) is 2.89. The zero-order valence-electron chi connectivity index (χ0n) is 10.4. The van der Waals surface area contributed by atoms with Crippen molar-refractivity contribution >= 4 is 0 Å². The summed E-state index contributed by atoms with van der Waals surface area (Å²) in [7, 11) is 0. The first-order valence-electron chi connectivity index (χ1n) is 7.64. The summed E-state index contributed by atoms with van der Waals surface area (Å²) >= 11 is 0. The van der Waals surface area contributed by atoms with Crippen LogP contribution in [-0.2, 0) is 0 Å². The molecule has 2 saturated carbocycles. The van der Waals surface area contributed by atoms with Crippen LogP contribution in [0.2, 0.25) is 0 Å². The van der Waals surface area contributed by atoms with Crippen molar-refractivity contribution in [3.63, 3.8) is 0 Å². The number of hydrogen-bond acceptors (Lipinski definition) is 0. The van der Waals surface area contributed by atoms with E-state index in [9.17, 15) is 0 Å². The highest BCUT2D eigenvalue weighted by Crippen LogP contribution is 2.61. The second kappa shape index (κ2) is 3.62. The van der Waals surface area contributed by atoms with Crippen LogP contribution >= 0.6 is 0 Å². The molecule has 0 spiro atoms. The summed E-state index contributed by atoms with van der Waals surface area (Å²) in [5.74, 6) is 4.49. The van der Waals surface area contributed by atoms with Crippen LogP contribution in [0.4, 0.5) is 0 Å². The van der Waals surface area contributed by atoms with Gasteiger partial charge in [0.25, 0.3) is 0 Å². The summed E-state index contributed by atoms with van der Waals surface area (Å²) in [4.78, 5) is 0. The molecule has 0 heteroatoms. The van der Waals surface area contributed by atoms with Gasteiger partial charge in [-0.2, -0.15) is 0 Å². The fourth-order valence-electron chi connectivity index (χ4n) is 5.51. The average molecular weight is 216 g/mol. The molecule has 2 fully saturated rings. The monoisotopic (exact) mass is 216 g/mol. The lowest BCUT2D eigenvalue weighted by atomic mass is 9.77. The number of fused-ring (bicyclic) bond motifs is 6. The van der Waals surface area contributed by atoms with Gasteiger partial charge in [0, 0.05) is 0 Å². The molecule has 4 atom stereocenters. The van der Waals surface area contributed by atoms with Gasteiger partial charge >= 0.3 is 0 Å². The highest BCUT2D eigenvalue weighted by molar-refractivity contribution is 5.30. The van der Waals surface area contributed by atoms with Crippen molar-refractivity contribution in [2.75, 3.05) is 0 Å². The summed E-state index contributed by atoms with van der Waals surface area (Å²) in [5, 5.41) is 0. The Kier molecular flexibility index (Phi) is 2.20. The SMILES string of the molecule is C1CCCC2=C(CC1)C[C@@H]1[C@H]3CC[C@H](C3)[C@H]21. The van der Waals surface area contributed by atoms with Gasteiger partial charge < -0.3 is 0 Å². The Morgan fingerprint density at radius 3 is 2.56 bits per heavy atom. The standard InChI is InChI=1S/C16H24/c1-2-4-6-14-11(5-3-1)10-15-12-7-8-13(9-12)16(14)15/h12-13,15-16H,1-10H2/t12-,13+,15+,16+/m0/s1. The fraction of sp³-hybridized carbons (Fsp3) is 0.875. The largest absolute Gasteiger partial charge is 0.0704 e. The third-order valence-corrected chi connectivity index (χ3v) is 6.10. The lowest BCUT2D eigenvalue weighted by Crippen LogP contribution is -2.19. The lowest BCUT2D eigenvalue weighted by Gasteiger charge is -2.27. The van der Waals surface area contributed by atoms with E-state index in [0.717, 1.165) is 23.7 Å². The summed E-state index contributed by atoms with van der Waals surface area (Å²) in [6.45, 7) is 0. The zero-order valence-corrected chi connectivity index (χ0v) is 10.4. The van der Waals surface area contributed by atoms with Gasteiger partial charge in [-0.1, -0.05) is 24.0 Å². The van der Waals surface area contributed by atoms with Gasteiger partial charge in [-0.25, -0.2) is 0 Å². The van der Waals surface area contributed by atoms with E-state index in [1.54, 1.807) is 19.3 Å². The van der Waals surface area contributed by atoms with Crippen LogP contribution in [0, 0.1) is 23.7 Å². The molecular weight excluding hydrogens is 192 g/mol. The zero-order chi connectivity index (χ0) is 10.5. The minimum Gasteiger partial charge on any atom is -0.0704 e. The molecule has 0 nitrogen and oxygen atoms in total. The van der Waals surface area contributed by atoms with Gasteiger partial charge in [-0.3, -0.25) is 0 Å². The molecule has 0 aromatic rings. The Balaban J connectivity index is 1.65. The van der Waals surface area contributed by atoms with Crippen molar-refractivity contribution in [3.8, 4) is 0 Å². The number of hydrogen-bond donors (Lipinski definition) is 0. The molecule has 4 aliphatic carbocycles. The molecule has 0 N–H and O–H groups in total. The van der Waals surface area contributed by atoms with Gasteiger partial charge in [0.15, 0.2) is 0 Å². The van der Waals surface area contributed by atoms with Gasteiger partial charge in [0.2, 0.25) is 0 Å². The predicted molar refractivity (Wildman–Crippen MR) is 67.2 cm³/mol. The summed E-state index contributed by atoms with van der Waals surface area (Å²) in [6, 6.07) is 0. The Hall–Kier alpha value is -0.260. The van der Waals surface area contributed by atoms with Crippen molar-refractivity contribution in [1.29, 1.82) is 0 Å². The van der Waals surface area contributed by atoms with Crippen LogP contribution in [0.15, 0.2) is 11.1 Å². The van der Waals surface area contributed by atoms with Gasteiger partial charge in [0.1, 0.15) is 0 Å². The summed E-state index contributed by atoms with van der Waals surface area (Å²) in [6.07, 6.45) is 15.2. The minimum atomic E-state index is 1.09. The maximum Gasteiger partial charge on any atom is -0.0138 e. The fourth-order valence-corrected chi connectivity index (χ4v) is 5.51. The minimum absolute atomic E-state index is 1.09. The molecule has 0 aliphatic heterocycles. The highest BCUT2D eigenvalue weighted by atomic mass is 14.6. The predicted octanol–water partition coefficient (Wildman–Crippen LogP) is 4.70. The van der Waals surface area contributed by atoms with Crippen molar-refractivity contribution in [1.82, 2.24) is 0 Å². The van der Waals surface area contributed by atoms with Crippen LogP contribution < -0.4 is 0 Å². The molecule has 4 rings (SSSR count). The quantitative estimate of drug-likeness (QED) is 0.515. The Morgan fingerprint density at radius 2 is 1.62 bits per heavy atom. The normalized spacial score (nSPS) is 46.5. The first kappa shape index (κ1) is 9.74. The molecule has 2 bridgehead atoms. The van der Waals surface area contributed by atoms with E-state index in [1.165, 1.54) is 44.9 Å². The molecule has 0 aromatic carbocycles. The molecule has 4 aliphatic rings. The first-order chi connectivity index (χ1) is 7.93. The van der Waals surface area contributed by atoms with Crippen LogP contribution in [-0.4, -0.2) is 0 Å². The van der Waals surface area contributed by atoms with E-state index in [4.69, 9.17) is 0 Å². The molecular formula is C16H24. The third kappa shape index (κ3) is 1.28. The van der Waals surface area contributed by atoms with Crippen LogP contribution in [0.3, 0.4) is 0 Å². The van der Waals surface area contributed by atoms with E-state index in [0.29, 0.717) is 0 Å². The van der Waals surface area contributed by atoms with Crippen LogP contribution in [0.25, 0.3) is 0 Å². The molecule has 0 unspecified atom stereocenters. The lowest BCUT2D eigenvalue weighted by molar-refractivity contribution is 0.271. The Morgan fingerprint density at radius 1 is 0.812 bits per heavy atom. The van der Waals surface area contributed by atoms with E-state index in [2.05, 4.69) is 0 Å². The topological polar surface area (TPSA) is 0 Å². The molecule has 0 heterocycles. The van der Waals surface area contributed by atoms with Crippen molar-refractivity contribution in [3.05, 3.63) is 11.1 Å². The number of rotatable bonds is 0. The summed E-state index contributed by atoms with van der Waals surface area (Å²) < 4.78 is 0. The van der Waals surface area contributed by atoms with E-state index >= 15 is 0 Å². The van der Waals surface area contributed by atoms with Gasteiger partial charge in [0.05, 0.1) is 0 Å². The maximum atomic E-state index is 2.00. The molecule has 16 heavy (non-hydrogen) atoms. The van der Waals surface area contributed by atoms with Gasteiger partial charge in [-0.05, 0) is 75.0 Å². The second-order valence-corrected chi connectivity index (χ2v) is 6.77. The van der Waals surface area contributed by atoms with Crippen molar-refractivity contribution < 1.29 is 0 Å². The van der Waals surface area contributed by atoms with Crippen LogP contribution in [0.5, 0.6) is 0 Å². The van der Waals surface area contributed by atoms with E-state index < -0.39 is 0 Å². The van der Waals surface area contributed by atoms with E-state index in [1.807, 2.05) is 11.1 Å². The molecule has 0 amide bonds. The highest BCUT2D eigenvalue weighted by Gasteiger charge is 2.51. The molecule has 0 saturated heterocycles. The molecule has 0 aromatic heterocycles. The second-order valence-electron chi connectivity index (χ2n) is 6.77. The Labute approximate surface area is 99.5 Å². The first-order valence-corrected chi connectivity index (χ1v) is 7.64. The third-order valence-electron chi connectivity index (χ3n) is 6.10. The van der Waals surface area contributed by atoms with Crippen molar-refractivity contribution in [2.24, 2.45) is 23.7 Å². The van der Waals surface area contributed by atoms with Crippen molar-refractivity contribution in [2.45, 2.75) is 64.2 Å². The number of allylic oxidation sites excluding steroid dienone is 2. The molecule has 0 radical (unpaired) electrons. The van der Waals surface area contributed by atoms with Crippen LogP contribution in [0.1, 0.15) is 64.2 Å². The smallest absolute Gasteiger partial charge is 0.0138 e. The van der Waals surface area contributed by atoms with Gasteiger partial charge in [-0.15, -0.1) is 0 Å². The van der Waals surface area contributed by atoms with E-state index in [-0.39, 0.29) is 0 Å². The molecule has 88 valence electrons. The Bertz CT molecular complexity index is 325.